The second-order valence-corrected chi connectivity index (χ2v) is 3.74. The Morgan fingerprint density at radius 1 is 1.46 bits per heavy atom. The van der Waals surface area contributed by atoms with Crippen molar-refractivity contribution in [2.24, 2.45) is 0 Å². The van der Waals surface area contributed by atoms with Crippen molar-refractivity contribution < 1.29 is 9.84 Å². The van der Waals surface area contributed by atoms with Crippen LogP contribution < -0.4 is 4.74 Å². The zero-order valence-corrected chi connectivity index (χ0v) is 8.24. The molecular formula is C10H15NO2. The van der Waals surface area contributed by atoms with Gasteiger partial charge in [-0.2, -0.15) is 0 Å². The lowest BCUT2D eigenvalue weighted by Crippen LogP contribution is -2.27. The van der Waals surface area contributed by atoms with Gasteiger partial charge in [-0.1, -0.05) is 0 Å². The van der Waals surface area contributed by atoms with Crippen molar-refractivity contribution in [3.63, 3.8) is 0 Å². The molecule has 3 heteroatoms. The van der Waals surface area contributed by atoms with Crippen molar-refractivity contribution in [3.05, 3.63) is 24.0 Å². The standard InChI is InChI=1S/C10H15NO2/c1-8-4-5-9(6-11-8)13-7-10(2,3)12/h4-6,12H,7H2,1-3H3. The number of hydrogen-bond donors (Lipinski definition) is 1. The zero-order valence-electron chi connectivity index (χ0n) is 8.24. The predicted molar refractivity (Wildman–Crippen MR) is 50.8 cm³/mol. The van der Waals surface area contributed by atoms with Crippen LogP contribution in [0.1, 0.15) is 19.5 Å². The summed E-state index contributed by atoms with van der Waals surface area (Å²) in [6, 6.07) is 3.72. The fourth-order valence-corrected chi connectivity index (χ4v) is 0.800. The van der Waals surface area contributed by atoms with E-state index in [0.29, 0.717) is 5.75 Å². The maximum Gasteiger partial charge on any atom is 0.137 e. The van der Waals surface area contributed by atoms with Crippen LogP contribution >= 0.6 is 0 Å². The van der Waals surface area contributed by atoms with Gasteiger partial charge in [-0.15, -0.1) is 0 Å². The highest BCUT2D eigenvalue weighted by molar-refractivity contribution is 5.19. The van der Waals surface area contributed by atoms with Crippen molar-refractivity contribution in [2.75, 3.05) is 6.61 Å². The van der Waals surface area contributed by atoms with Crippen LogP contribution in [0.3, 0.4) is 0 Å². The highest BCUT2D eigenvalue weighted by atomic mass is 16.5. The van der Waals surface area contributed by atoms with Crippen LogP contribution in [-0.4, -0.2) is 22.3 Å². The van der Waals surface area contributed by atoms with Crippen molar-refractivity contribution in [3.8, 4) is 5.75 Å². The average Bonchev–Trinajstić information content (AvgIpc) is 2.02. The molecule has 0 atom stereocenters. The maximum absolute atomic E-state index is 9.39. The van der Waals surface area contributed by atoms with E-state index in [0.717, 1.165) is 5.69 Å². The summed E-state index contributed by atoms with van der Waals surface area (Å²) in [6.07, 6.45) is 1.65. The van der Waals surface area contributed by atoms with E-state index in [-0.39, 0.29) is 6.61 Å². The minimum absolute atomic E-state index is 0.276. The van der Waals surface area contributed by atoms with E-state index < -0.39 is 5.60 Å². The maximum atomic E-state index is 9.39. The van der Waals surface area contributed by atoms with Gasteiger partial charge in [-0.3, -0.25) is 4.98 Å². The SMILES string of the molecule is Cc1ccc(OCC(C)(C)O)cn1. The van der Waals surface area contributed by atoms with Crippen LogP contribution in [0.15, 0.2) is 18.3 Å². The second-order valence-electron chi connectivity index (χ2n) is 3.74. The number of rotatable bonds is 3. The first kappa shape index (κ1) is 9.99. The summed E-state index contributed by atoms with van der Waals surface area (Å²) in [5.74, 6) is 0.688. The van der Waals surface area contributed by atoms with Crippen LogP contribution in [0, 0.1) is 6.92 Å². The van der Waals surface area contributed by atoms with Gasteiger partial charge in [0, 0.05) is 5.69 Å². The summed E-state index contributed by atoms with van der Waals surface area (Å²) in [6.45, 7) is 5.60. The summed E-state index contributed by atoms with van der Waals surface area (Å²) in [4.78, 5) is 4.07. The van der Waals surface area contributed by atoms with E-state index in [4.69, 9.17) is 4.74 Å². The Labute approximate surface area is 78.4 Å². The number of pyridine rings is 1. The van der Waals surface area contributed by atoms with Gasteiger partial charge in [0.15, 0.2) is 0 Å². The Hall–Kier alpha value is -1.09. The van der Waals surface area contributed by atoms with E-state index in [1.165, 1.54) is 0 Å². The summed E-state index contributed by atoms with van der Waals surface area (Å²) >= 11 is 0. The predicted octanol–water partition coefficient (Wildman–Crippen LogP) is 1.54. The van der Waals surface area contributed by atoms with E-state index in [1.54, 1.807) is 20.0 Å². The fourth-order valence-electron chi connectivity index (χ4n) is 0.800. The van der Waals surface area contributed by atoms with E-state index >= 15 is 0 Å². The molecule has 0 aliphatic rings. The number of aromatic nitrogens is 1. The minimum atomic E-state index is -0.801. The summed E-state index contributed by atoms with van der Waals surface area (Å²) in [5, 5.41) is 9.39. The van der Waals surface area contributed by atoms with Gasteiger partial charge in [0.2, 0.25) is 0 Å². The largest absolute Gasteiger partial charge is 0.489 e. The molecule has 1 aromatic heterocycles. The summed E-state index contributed by atoms with van der Waals surface area (Å²) in [5.41, 5.74) is 0.154. The first-order chi connectivity index (χ1) is 5.97. The lowest BCUT2D eigenvalue weighted by molar-refractivity contribution is 0.0283. The summed E-state index contributed by atoms with van der Waals surface area (Å²) in [7, 11) is 0. The molecule has 1 aromatic rings. The molecule has 1 N–H and O–H groups in total. The fraction of sp³-hybridized carbons (Fsp3) is 0.500. The summed E-state index contributed by atoms with van der Waals surface area (Å²) < 4.78 is 5.31. The van der Waals surface area contributed by atoms with Crippen molar-refractivity contribution >= 4 is 0 Å². The molecule has 0 saturated carbocycles. The van der Waals surface area contributed by atoms with Crippen LogP contribution in [-0.2, 0) is 0 Å². The van der Waals surface area contributed by atoms with E-state index in [1.807, 2.05) is 19.1 Å². The van der Waals surface area contributed by atoms with Crippen LogP contribution in [0.5, 0.6) is 5.75 Å². The third-order valence-electron chi connectivity index (χ3n) is 1.48. The Balaban J connectivity index is 2.51. The van der Waals surface area contributed by atoms with Gasteiger partial charge in [0.05, 0.1) is 11.8 Å². The molecule has 0 fully saturated rings. The molecule has 3 nitrogen and oxygen atoms in total. The third-order valence-corrected chi connectivity index (χ3v) is 1.48. The number of nitrogens with zero attached hydrogens (tertiary/aromatic N) is 1. The van der Waals surface area contributed by atoms with Crippen LogP contribution in [0.2, 0.25) is 0 Å². The number of aryl methyl sites for hydroxylation is 1. The lowest BCUT2D eigenvalue weighted by atomic mass is 10.2. The molecule has 0 radical (unpaired) electrons. The molecule has 0 aromatic carbocycles. The average molecular weight is 181 g/mol. The molecule has 0 aliphatic heterocycles. The van der Waals surface area contributed by atoms with E-state index in [9.17, 15) is 5.11 Å². The quantitative estimate of drug-likeness (QED) is 0.769. The van der Waals surface area contributed by atoms with Crippen LogP contribution in [0.25, 0.3) is 0 Å². The molecule has 13 heavy (non-hydrogen) atoms. The van der Waals surface area contributed by atoms with Gasteiger partial charge in [-0.25, -0.2) is 0 Å². The molecule has 0 unspecified atom stereocenters. The first-order valence-corrected chi connectivity index (χ1v) is 4.25. The third kappa shape index (κ3) is 3.90. The van der Waals surface area contributed by atoms with Crippen molar-refractivity contribution in [1.29, 1.82) is 0 Å². The van der Waals surface area contributed by atoms with Gasteiger partial charge in [0.25, 0.3) is 0 Å². The molecule has 1 heterocycles. The number of hydrogen-bond acceptors (Lipinski definition) is 3. The topological polar surface area (TPSA) is 42.4 Å². The smallest absolute Gasteiger partial charge is 0.137 e. The zero-order chi connectivity index (χ0) is 9.90. The lowest BCUT2D eigenvalue weighted by Gasteiger charge is -2.17. The molecule has 0 saturated heterocycles. The first-order valence-electron chi connectivity index (χ1n) is 4.25. The molecule has 72 valence electrons. The van der Waals surface area contributed by atoms with Crippen LogP contribution in [0.4, 0.5) is 0 Å². The normalized spacial score (nSPS) is 11.4. The second kappa shape index (κ2) is 3.75. The molecule has 1 rings (SSSR count). The van der Waals surface area contributed by atoms with Gasteiger partial charge in [-0.05, 0) is 32.9 Å². The Morgan fingerprint density at radius 3 is 2.62 bits per heavy atom. The van der Waals surface area contributed by atoms with Gasteiger partial charge >= 0.3 is 0 Å². The Morgan fingerprint density at radius 2 is 2.15 bits per heavy atom. The van der Waals surface area contributed by atoms with Crippen molar-refractivity contribution in [2.45, 2.75) is 26.4 Å². The molecule has 0 amide bonds. The Kier molecular flexibility index (Phi) is 2.88. The number of aliphatic hydroxyl groups is 1. The monoisotopic (exact) mass is 181 g/mol. The van der Waals surface area contributed by atoms with E-state index in [2.05, 4.69) is 4.98 Å². The Bertz CT molecular complexity index is 261. The molecule has 0 aliphatic carbocycles. The van der Waals surface area contributed by atoms with Gasteiger partial charge < -0.3 is 9.84 Å². The van der Waals surface area contributed by atoms with Crippen molar-refractivity contribution in [1.82, 2.24) is 4.98 Å². The molecule has 0 spiro atoms. The molecule has 0 bridgehead atoms. The highest BCUT2D eigenvalue weighted by Gasteiger charge is 2.12. The van der Waals surface area contributed by atoms with Gasteiger partial charge in [0.1, 0.15) is 12.4 Å². The molecular weight excluding hydrogens is 166 g/mol. The highest BCUT2D eigenvalue weighted by Crippen LogP contribution is 2.11. The minimum Gasteiger partial charge on any atom is -0.489 e. The number of ether oxygens (including phenoxy) is 1.